The Morgan fingerprint density at radius 3 is 2.52 bits per heavy atom. The van der Waals surface area contributed by atoms with Crippen LogP contribution in [0, 0.1) is 6.92 Å². The predicted octanol–water partition coefficient (Wildman–Crippen LogP) is 4.18. The van der Waals surface area contributed by atoms with Crippen molar-refractivity contribution in [3.05, 3.63) is 58.6 Å². The van der Waals surface area contributed by atoms with Gasteiger partial charge in [0.05, 0.1) is 6.61 Å². The van der Waals surface area contributed by atoms with E-state index in [4.69, 9.17) is 21.1 Å². The first kappa shape index (κ1) is 15.8. The van der Waals surface area contributed by atoms with Gasteiger partial charge in [0.15, 0.2) is 0 Å². The fourth-order valence-corrected chi connectivity index (χ4v) is 2.16. The van der Waals surface area contributed by atoms with E-state index in [0.29, 0.717) is 0 Å². The molecule has 0 saturated carbocycles. The van der Waals surface area contributed by atoms with Crippen LogP contribution in [-0.2, 0) is 11.3 Å². The summed E-state index contributed by atoms with van der Waals surface area (Å²) < 4.78 is 10.9. The molecule has 0 aliphatic rings. The number of aryl methyl sites for hydroxylation is 1. The van der Waals surface area contributed by atoms with Gasteiger partial charge in [-0.1, -0.05) is 23.7 Å². The van der Waals surface area contributed by atoms with E-state index in [2.05, 4.69) is 17.4 Å². The Hall–Kier alpha value is -1.55. The van der Waals surface area contributed by atoms with Crippen molar-refractivity contribution in [1.29, 1.82) is 0 Å². The molecular weight excluding hydrogens is 286 g/mol. The third-order valence-corrected chi connectivity index (χ3v) is 3.34. The average Bonchev–Trinajstić information content (AvgIpc) is 2.48. The van der Waals surface area contributed by atoms with Crippen molar-refractivity contribution in [3.8, 4) is 11.5 Å². The first-order valence-corrected chi connectivity index (χ1v) is 7.29. The molecule has 1 N–H and O–H groups in total. The van der Waals surface area contributed by atoms with Gasteiger partial charge in [0.1, 0.15) is 11.5 Å². The van der Waals surface area contributed by atoms with Crippen LogP contribution >= 0.6 is 11.6 Å². The summed E-state index contributed by atoms with van der Waals surface area (Å²) in [6.07, 6.45) is 0. The third kappa shape index (κ3) is 5.05. The van der Waals surface area contributed by atoms with Crippen molar-refractivity contribution in [3.63, 3.8) is 0 Å². The molecule has 2 aromatic carbocycles. The summed E-state index contributed by atoms with van der Waals surface area (Å²) in [4.78, 5) is 0. The van der Waals surface area contributed by atoms with E-state index >= 15 is 0 Å². The highest BCUT2D eigenvalue weighted by molar-refractivity contribution is 6.30. The highest BCUT2D eigenvalue weighted by Crippen LogP contribution is 2.27. The molecule has 0 amide bonds. The van der Waals surface area contributed by atoms with E-state index in [1.165, 1.54) is 5.56 Å². The molecule has 0 fully saturated rings. The number of halogens is 1. The van der Waals surface area contributed by atoms with Crippen molar-refractivity contribution in [2.24, 2.45) is 0 Å². The van der Waals surface area contributed by atoms with Crippen LogP contribution in [0.3, 0.4) is 0 Å². The largest absolute Gasteiger partial charge is 0.457 e. The van der Waals surface area contributed by atoms with Crippen LogP contribution in [0.1, 0.15) is 11.1 Å². The normalized spacial score (nSPS) is 10.6. The van der Waals surface area contributed by atoms with Crippen LogP contribution in [0.5, 0.6) is 11.5 Å². The Morgan fingerprint density at radius 1 is 1.10 bits per heavy atom. The minimum Gasteiger partial charge on any atom is -0.457 e. The van der Waals surface area contributed by atoms with Gasteiger partial charge in [-0.05, 0) is 48.4 Å². The van der Waals surface area contributed by atoms with Gasteiger partial charge in [0, 0.05) is 25.2 Å². The van der Waals surface area contributed by atoms with Crippen LogP contribution in [0.2, 0.25) is 5.02 Å². The molecule has 3 nitrogen and oxygen atoms in total. The van der Waals surface area contributed by atoms with E-state index < -0.39 is 0 Å². The van der Waals surface area contributed by atoms with Crippen molar-refractivity contribution in [2.45, 2.75) is 13.5 Å². The standard InChI is InChI=1S/C17H20ClNO2/c1-13-11-15(18)5-8-17(13)21-16-6-3-14(4-7-16)12-19-9-10-20-2/h3-8,11,19H,9-10,12H2,1-2H3. The fourth-order valence-electron chi connectivity index (χ4n) is 1.94. The third-order valence-electron chi connectivity index (χ3n) is 3.10. The molecule has 0 aliphatic heterocycles. The summed E-state index contributed by atoms with van der Waals surface area (Å²) in [7, 11) is 1.70. The molecule has 0 radical (unpaired) electrons. The molecule has 21 heavy (non-hydrogen) atoms. The monoisotopic (exact) mass is 305 g/mol. The van der Waals surface area contributed by atoms with Crippen LogP contribution in [-0.4, -0.2) is 20.3 Å². The minimum absolute atomic E-state index is 0.719. The zero-order valence-corrected chi connectivity index (χ0v) is 13.1. The zero-order valence-electron chi connectivity index (χ0n) is 12.4. The van der Waals surface area contributed by atoms with E-state index in [1.807, 2.05) is 37.3 Å². The van der Waals surface area contributed by atoms with Crippen molar-refractivity contribution in [2.75, 3.05) is 20.3 Å². The summed E-state index contributed by atoms with van der Waals surface area (Å²) in [6, 6.07) is 13.7. The topological polar surface area (TPSA) is 30.5 Å². The lowest BCUT2D eigenvalue weighted by Gasteiger charge is -2.10. The van der Waals surface area contributed by atoms with Crippen molar-refractivity contribution >= 4 is 11.6 Å². The number of hydrogen-bond acceptors (Lipinski definition) is 3. The van der Waals surface area contributed by atoms with Crippen LogP contribution < -0.4 is 10.1 Å². The number of nitrogens with one attached hydrogen (secondary N) is 1. The molecule has 2 aromatic rings. The van der Waals surface area contributed by atoms with Gasteiger partial charge in [0.25, 0.3) is 0 Å². The summed E-state index contributed by atoms with van der Waals surface area (Å²) in [5.74, 6) is 1.64. The average molecular weight is 306 g/mol. The highest BCUT2D eigenvalue weighted by Gasteiger charge is 2.02. The highest BCUT2D eigenvalue weighted by atomic mass is 35.5. The van der Waals surface area contributed by atoms with Crippen molar-refractivity contribution < 1.29 is 9.47 Å². The van der Waals surface area contributed by atoms with Gasteiger partial charge in [-0.25, -0.2) is 0 Å². The van der Waals surface area contributed by atoms with Crippen LogP contribution in [0.15, 0.2) is 42.5 Å². The fraction of sp³-hybridized carbons (Fsp3) is 0.294. The summed E-state index contributed by atoms with van der Waals surface area (Å²) in [5.41, 5.74) is 2.24. The van der Waals surface area contributed by atoms with Gasteiger partial charge >= 0.3 is 0 Å². The van der Waals surface area contributed by atoms with Crippen molar-refractivity contribution in [1.82, 2.24) is 5.32 Å². The molecular formula is C17H20ClNO2. The van der Waals surface area contributed by atoms with E-state index in [1.54, 1.807) is 7.11 Å². The molecule has 0 heterocycles. The van der Waals surface area contributed by atoms with Crippen LogP contribution in [0.25, 0.3) is 0 Å². The minimum atomic E-state index is 0.719. The molecule has 0 unspecified atom stereocenters. The van der Waals surface area contributed by atoms with E-state index in [-0.39, 0.29) is 0 Å². The smallest absolute Gasteiger partial charge is 0.130 e. The quantitative estimate of drug-likeness (QED) is 0.779. The zero-order chi connectivity index (χ0) is 15.1. The van der Waals surface area contributed by atoms with E-state index in [9.17, 15) is 0 Å². The molecule has 2 rings (SSSR count). The Morgan fingerprint density at radius 2 is 1.86 bits per heavy atom. The number of ether oxygens (including phenoxy) is 2. The maximum Gasteiger partial charge on any atom is 0.130 e. The number of benzene rings is 2. The van der Waals surface area contributed by atoms with Crippen LogP contribution in [0.4, 0.5) is 0 Å². The first-order chi connectivity index (χ1) is 10.2. The van der Waals surface area contributed by atoms with Gasteiger partial charge in [-0.2, -0.15) is 0 Å². The molecule has 0 bridgehead atoms. The van der Waals surface area contributed by atoms with Gasteiger partial charge in [0.2, 0.25) is 0 Å². The Balaban J connectivity index is 1.92. The number of hydrogen-bond donors (Lipinski definition) is 1. The summed E-state index contributed by atoms with van der Waals surface area (Å²) >= 11 is 5.94. The molecule has 0 atom stereocenters. The summed E-state index contributed by atoms with van der Waals surface area (Å²) in [6.45, 7) is 4.37. The second-order valence-corrected chi connectivity index (χ2v) is 5.26. The van der Waals surface area contributed by atoms with Gasteiger partial charge in [-0.3, -0.25) is 0 Å². The second kappa shape index (κ2) is 8.03. The van der Waals surface area contributed by atoms with Gasteiger partial charge < -0.3 is 14.8 Å². The SMILES string of the molecule is COCCNCc1ccc(Oc2ccc(Cl)cc2C)cc1. The number of rotatable bonds is 7. The maximum atomic E-state index is 5.94. The molecule has 0 saturated heterocycles. The predicted molar refractivity (Wildman–Crippen MR) is 86.3 cm³/mol. The Bertz CT molecular complexity index is 570. The molecule has 0 aliphatic carbocycles. The Labute approximate surface area is 130 Å². The molecule has 0 aromatic heterocycles. The second-order valence-electron chi connectivity index (χ2n) is 4.83. The van der Waals surface area contributed by atoms with Gasteiger partial charge in [-0.15, -0.1) is 0 Å². The molecule has 4 heteroatoms. The maximum absolute atomic E-state index is 5.94. The number of methoxy groups -OCH3 is 1. The lowest BCUT2D eigenvalue weighted by atomic mass is 10.2. The summed E-state index contributed by atoms with van der Waals surface area (Å²) in [5, 5.41) is 4.03. The lowest BCUT2D eigenvalue weighted by Crippen LogP contribution is -2.18. The first-order valence-electron chi connectivity index (χ1n) is 6.91. The molecule has 0 spiro atoms. The Kier molecular flexibility index (Phi) is 6.05. The van der Waals surface area contributed by atoms with E-state index in [0.717, 1.165) is 41.8 Å². The molecule has 112 valence electrons. The lowest BCUT2D eigenvalue weighted by molar-refractivity contribution is 0.199.